The summed E-state index contributed by atoms with van der Waals surface area (Å²) in [6.07, 6.45) is 0. The fourth-order valence-electron chi connectivity index (χ4n) is 0.724. The van der Waals surface area contributed by atoms with Crippen LogP contribution in [-0.4, -0.2) is 16.7 Å². The Morgan fingerprint density at radius 3 is 2.47 bits per heavy atom. The molecule has 0 amide bonds. The van der Waals surface area contributed by atoms with E-state index in [1.54, 1.807) is 0 Å². The Hall–Kier alpha value is -2.58. The highest BCUT2D eigenvalue weighted by atomic mass is 16.6. The molecule has 0 unspecified atom stereocenters. The maximum atomic E-state index is 10.3. The largest absolute Gasteiger partial charge is 0.433 e. The second-order valence-electron chi connectivity index (χ2n) is 2.41. The molecule has 0 atom stereocenters. The van der Waals surface area contributed by atoms with Crippen LogP contribution in [0.4, 0.5) is 5.88 Å². The third kappa shape index (κ3) is 2.69. The van der Waals surface area contributed by atoms with E-state index in [-0.39, 0.29) is 17.6 Å². The van der Waals surface area contributed by atoms with E-state index in [1.165, 1.54) is 6.07 Å². The molecule has 9 nitrogen and oxygen atoms in total. The summed E-state index contributed by atoms with van der Waals surface area (Å²) in [4.78, 5) is 9.57. The zero-order valence-corrected chi connectivity index (χ0v) is 7.45. The molecule has 1 aromatic rings. The molecular weight excluding hydrogens is 204 g/mol. The van der Waals surface area contributed by atoms with Crippen molar-refractivity contribution in [2.45, 2.75) is 0 Å². The predicted octanol–water partition coefficient (Wildman–Crippen LogP) is -0.918. The molecule has 1 rings (SSSR count). The summed E-state index contributed by atoms with van der Waals surface area (Å²) < 4.78 is 4.73. The van der Waals surface area contributed by atoms with E-state index in [0.717, 1.165) is 6.07 Å². The Morgan fingerprint density at radius 2 is 2.00 bits per heavy atom. The van der Waals surface area contributed by atoms with Gasteiger partial charge in [0.15, 0.2) is 11.6 Å². The highest BCUT2D eigenvalue weighted by Crippen LogP contribution is 2.15. The molecule has 0 radical (unpaired) electrons. The zero-order valence-electron chi connectivity index (χ0n) is 7.45. The van der Waals surface area contributed by atoms with Crippen molar-refractivity contribution in [3.05, 3.63) is 28.0 Å². The first-order chi connectivity index (χ1) is 7.00. The highest BCUT2D eigenvalue weighted by Gasteiger charge is 2.13. The van der Waals surface area contributed by atoms with Crippen molar-refractivity contribution < 1.29 is 9.34 Å². The van der Waals surface area contributed by atoms with Crippen LogP contribution in [0.2, 0.25) is 0 Å². The highest BCUT2D eigenvalue weighted by molar-refractivity contribution is 5.95. The normalized spacial score (nSPS) is 11.1. The zero-order chi connectivity index (χ0) is 11.4. The monoisotopic (exact) mass is 212 g/mol. The van der Waals surface area contributed by atoms with E-state index in [0.29, 0.717) is 0 Å². The van der Waals surface area contributed by atoms with Crippen molar-refractivity contribution in [2.75, 3.05) is 0 Å². The van der Waals surface area contributed by atoms with Crippen LogP contribution < -0.4 is 17.2 Å². The minimum Gasteiger partial charge on any atom is -0.397 e. The minimum absolute atomic E-state index is 0.0201. The maximum absolute atomic E-state index is 10.3. The quantitative estimate of drug-likeness (QED) is 0.254. The summed E-state index contributed by atoms with van der Waals surface area (Å²) in [6, 6.07) is 2.44. The number of hydrogen-bond donors (Lipinski definition) is 3. The Labute approximate surface area is 83.4 Å². The molecule has 0 fully saturated rings. The van der Waals surface area contributed by atoms with E-state index in [4.69, 9.17) is 21.6 Å². The third-order valence-electron chi connectivity index (χ3n) is 1.30. The lowest BCUT2D eigenvalue weighted by molar-refractivity contribution is -0.402. The number of furan rings is 1. The predicted molar refractivity (Wildman–Crippen MR) is 51.9 cm³/mol. The Balaban J connectivity index is 2.92. The molecular formula is C6H8N6O3. The molecule has 6 N–H and O–H groups in total. The third-order valence-corrected chi connectivity index (χ3v) is 1.30. The fraction of sp³-hybridized carbons (Fsp3) is 0. The van der Waals surface area contributed by atoms with Crippen LogP contribution in [0.3, 0.4) is 0 Å². The van der Waals surface area contributed by atoms with Gasteiger partial charge in [-0.15, -0.1) is 10.2 Å². The molecule has 0 aliphatic heterocycles. The summed E-state index contributed by atoms with van der Waals surface area (Å²) in [5.74, 6) is -0.852. The van der Waals surface area contributed by atoms with Crippen LogP contribution in [0.25, 0.3) is 0 Å². The molecule has 1 heterocycles. The average Bonchev–Trinajstić information content (AvgIpc) is 2.62. The summed E-state index contributed by atoms with van der Waals surface area (Å²) >= 11 is 0. The second kappa shape index (κ2) is 4.09. The lowest BCUT2D eigenvalue weighted by atomic mass is 10.4. The maximum Gasteiger partial charge on any atom is 0.433 e. The molecule has 80 valence electrons. The Kier molecular flexibility index (Phi) is 2.86. The number of guanidine groups is 1. The van der Waals surface area contributed by atoms with Crippen LogP contribution in [0.15, 0.2) is 26.8 Å². The second-order valence-corrected chi connectivity index (χ2v) is 2.41. The molecule has 9 heteroatoms. The van der Waals surface area contributed by atoms with E-state index in [2.05, 4.69) is 10.2 Å². The van der Waals surface area contributed by atoms with E-state index in [1.807, 2.05) is 0 Å². The van der Waals surface area contributed by atoms with Gasteiger partial charge in [-0.2, -0.15) is 0 Å². The number of hydrogen-bond acceptors (Lipinski definition) is 5. The van der Waals surface area contributed by atoms with Crippen molar-refractivity contribution in [3.8, 4) is 0 Å². The number of nitrogens with two attached hydrogens (primary N) is 3. The summed E-state index contributed by atoms with van der Waals surface area (Å²) in [5.41, 5.74) is 15.4. The van der Waals surface area contributed by atoms with Gasteiger partial charge in [0.2, 0.25) is 5.96 Å². The topological polar surface area (TPSA) is 159 Å². The first-order valence-corrected chi connectivity index (χ1v) is 3.67. The molecule has 0 spiro atoms. The minimum atomic E-state index is -0.697. The van der Waals surface area contributed by atoms with Crippen molar-refractivity contribution in [1.29, 1.82) is 0 Å². The van der Waals surface area contributed by atoms with E-state index >= 15 is 0 Å². The first-order valence-electron chi connectivity index (χ1n) is 3.67. The van der Waals surface area contributed by atoms with E-state index in [9.17, 15) is 10.1 Å². The van der Waals surface area contributed by atoms with Gasteiger partial charge in [-0.1, -0.05) is 0 Å². The SMILES string of the molecule is NC(N)=NN=C(N)c1ccc([N+](=O)[O-])o1. The molecule has 1 aromatic heterocycles. The number of rotatable bonds is 3. The number of nitrogens with zero attached hydrogens (tertiary/aromatic N) is 3. The number of nitro groups is 1. The summed E-state index contributed by atoms with van der Waals surface area (Å²) in [7, 11) is 0. The Bertz CT molecular complexity index is 430. The lowest BCUT2D eigenvalue weighted by Crippen LogP contribution is -2.22. The van der Waals surface area contributed by atoms with Gasteiger partial charge in [0.25, 0.3) is 0 Å². The van der Waals surface area contributed by atoms with Crippen LogP contribution in [-0.2, 0) is 0 Å². The molecule has 0 bridgehead atoms. The number of amidine groups is 1. The van der Waals surface area contributed by atoms with Gasteiger partial charge < -0.3 is 21.6 Å². The summed E-state index contributed by atoms with van der Waals surface area (Å²) in [6.45, 7) is 0. The molecule has 0 saturated carbocycles. The lowest BCUT2D eigenvalue weighted by Gasteiger charge is -1.91. The molecule has 0 aliphatic carbocycles. The molecule has 15 heavy (non-hydrogen) atoms. The standard InChI is InChI=1S/C6H8N6O3/c7-5(10-11-6(8)9)3-1-2-4(15-3)12(13)14/h1-2H,(H2,7,10)(H4,8,9,11). The van der Waals surface area contributed by atoms with Gasteiger partial charge in [-0.3, -0.25) is 10.1 Å². The molecule has 0 aromatic carbocycles. The van der Waals surface area contributed by atoms with Gasteiger partial charge in [0, 0.05) is 0 Å². The Morgan fingerprint density at radius 1 is 1.33 bits per heavy atom. The average molecular weight is 212 g/mol. The van der Waals surface area contributed by atoms with Crippen molar-refractivity contribution in [3.63, 3.8) is 0 Å². The van der Waals surface area contributed by atoms with E-state index < -0.39 is 10.8 Å². The van der Waals surface area contributed by atoms with Gasteiger partial charge in [0.05, 0.1) is 6.07 Å². The van der Waals surface area contributed by atoms with Crippen LogP contribution >= 0.6 is 0 Å². The van der Waals surface area contributed by atoms with Gasteiger partial charge in [-0.05, 0) is 6.07 Å². The fourth-order valence-corrected chi connectivity index (χ4v) is 0.724. The van der Waals surface area contributed by atoms with Crippen LogP contribution in [0.1, 0.15) is 5.76 Å². The van der Waals surface area contributed by atoms with Crippen LogP contribution in [0, 0.1) is 10.1 Å². The smallest absolute Gasteiger partial charge is 0.397 e. The van der Waals surface area contributed by atoms with Gasteiger partial charge >= 0.3 is 5.88 Å². The molecule has 0 aliphatic rings. The summed E-state index contributed by atoms with van der Waals surface area (Å²) in [5, 5.41) is 16.9. The van der Waals surface area contributed by atoms with Crippen molar-refractivity contribution in [2.24, 2.45) is 27.4 Å². The van der Waals surface area contributed by atoms with Gasteiger partial charge in [-0.25, -0.2) is 0 Å². The van der Waals surface area contributed by atoms with Crippen LogP contribution in [0.5, 0.6) is 0 Å². The van der Waals surface area contributed by atoms with Crippen molar-refractivity contribution >= 4 is 17.7 Å². The molecule has 0 saturated heterocycles. The van der Waals surface area contributed by atoms with Gasteiger partial charge in [0.1, 0.15) is 4.92 Å². The first kappa shape index (κ1) is 10.5. The van der Waals surface area contributed by atoms with Crippen molar-refractivity contribution in [1.82, 2.24) is 0 Å².